The SMILES string of the molecule is CC(C)(CCNC(=O)Cc1ccc2ccccc2c1)C(=O)O. The fourth-order valence-electron chi connectivity index (χ4n) is 2.22. The molecule has 0 aliphatic rings. The van der Waals surface area contributed by atoms with E-state index in [0.29, 0.717) is 19.4 Å². The highest BCUT2D eigenvalue weighted by molar-refractivity contribution is 5.85. The minimum atomic E-state index is -0.851. The number of fused-ring (bicyclic) bond motifs is 1. The lowest BCUT2D eigenvalue weighted by molar-refractivity contribution is -0.147. The predicted octanol–water partition coefficient (Wildman–Crippen LogP) is 3.00. The van der Waals surface area contributed by atoms with Crippen LogP contribution in [-0.2, 0) is 16.0 Å². The van der Waals surface area contributed by atoms with Gasteiger partial charge in [-0.05, 0) is 36.6 Å². The Morgan fingerprint density at radius 2 is 1.77 bits per heavy atom. The minimum absolute atomic E-state index is 0.0866. The van der Waals surface area contributed by atoms with Crippen molar-refractivity contribution in [2.45, 2.75) is 26.7 Å². The lowest BCUT2D eigenvalue weighted by atomic mass is 9.90. The molecule has 4 heteroatoms. The Hall–Kier alpha value is -2.36. The molecule has 0 fully saturated rings. The summed E-state index contributed by atoms with van der Waals surface area (Å²) in [4.78, 5) is 22.9. The van der Waals surface area contributed by atoms with Crippen LogP contribution in [0.25, 0.3) is 10.8 Å². The third-order valence-corrected chi connectivity index (χ3v) is 3.83. The number of hydrogen-bond donors (Lipinski definition) is 2. The number of aliphatic carboxylic acids is 1. The van der Waals surface area contributed by atoms with Crippen LogP contribution in [0.15, 0.2) is 42.5 Å². The highest BCUT2D eigenvalue weighted by Gasteiger charge is 2.26. The Morgan fingerprint density at radius 1 is 1.09 bits per heavy atom. The van der Waals surface area contributed by atoms with Gasteiger partial charge in [0.05, 0.1) is 11.8 Å². The van der Waals surface area contributed by atoms with Crippen LogP contribution >= 0.6 is 0 Å². The zero-order chi connectivity index (χ0) is 16.2. The Bertz CT molecular complexity index is 692. The van der Waals surface area contributed by atoms with E-state index < -0.39 is 11.4 Å². The van der Waals surface area contributed by atoms with E-state index in [1.807, 2.05) is 42.5 Å². The summed E-state index contributed by atoms with van der Waals surface area (Å²) in [5.74, 6) is -0.937. The number of rotatable bonds is 6. The van der Waals surface area contributed by atoms with Crippen molar-refractivity contribution in [2.75, 3.05) is 6.54 Å². The lowest BCUT2D eigenvalue weighted by Gasteiger charge is -2.18. The van der Waals surface area contributed by atoms with Crippen LogP contribution in [0.2, 0.25) is 0 Å². The number of amides is 1. The topological polar surface area (TPSA) is 66.4 Å². The van der Waals surface area contributed by atoms with Gasteiger partial charge >= 0.3 is 5.97 Å². The van der Waals surface area contributed by atoms with Gasteiger partial charge in [-0.1, -0.05) is 42.5 Å². The van der Waals surface area contributed by atoms with Gasteiger partial charge in [0.15, 0.2) is 0 Å². The van der Waals surface area contributed by atoms with Crippen molar-refractivity contribution in [1.29, 1.82) is 0 Å². The van der Waals surface area contributed by atoms with Gasteiger partial charge in [-0.15, -0.1) is 0 Å². The van der Waals surface area contributed by atoms with Gasteiger partial charge in [0.1, 0.15) is 0 Å². The summed E-state index contributed by atoms with van der Waals surface area (Å²) in [6, 6.07) is 14.0. The van der Waals surface area contributed by atoms with Gasteiger partial charge < -0.3 is 10.4 Å². The van der Waals surface area contributed by atoms with E-state index in [-0.39, 0.29) is 5.91 Å². The van der Waals surface area contributed by atoms with Crippen LogP contribution in [0.4, 0.5) is 0 Å². The second-order valence-corrected chi connectivity index (χ2v) is 6.15. The maximum atomic E-state index is 11.9. The lowest BCUT2D eigenvalue weighted by Crippen LogP contribution is -2.32. The van der Waals surface area contributed by atoms with Crippen LogP contribution in [0.5, 0.6) is 0 Å². The molecule has 0 radical (unpaired) electrons. The van der Waals surface area contributed by atoms with Crippen molar-refractivity contribution >= 4 is 22.6 Å². The Morgan fingerprint density at radius 3 is 2.45 bits per heavy atom. The third kappa shape index (κ3) is 4.07. The number of nitrogens with one attached hydrogen (secondary N) is 1. The molecule has 22 heavy (non-hydrogen) atoms. The summed E-state index contributed by atoms with van der Waals surface area (Å²) in [5.41, 5.74) is 0.129. The molecule has 2 N–H and O–H groups in total. The molecule has 0 saturated heterocycles. The molecule has 0 saturated carbocycles. The zero-order valence-corrected chi connectivity index (χ0v) is 12.9. The molecule has 0 aliphatic carbocycles. The first-order chi connectivity index (χ1) is 10.4. The normalized spacial score (nSPS) is 11.4. The fourth-order valence-corrected chi connectivity index (χ4v) is 2.22. The summed E-state index contributed by atoms with van der Waals surface area (Å²) in [5, 5.41) is 14.1. The molecule has 0 aliphatic heterocycles. The van der Waals surface area contributed by atoms with E-state index in [0.717, 1.165) is 16.3 Å². The van der Waals surface area contributed by atoms with Gasteiger partial charge in [0.2, 0.25) is 5.91 Å². The molecule has 1 amide bonds. The summed E-state index contributed by atoms with van der Waals surface area (Å²) in [6.07, 6.45) is 0.712. The van der Waals surface area contributed by atoms with Crippen LogP contribution < -0.4 is 5.32 Å². The molecule has 0 aromatic heterocycles. The fraction of sp³-hybridized carbons (Fsp3) is 0.333. The molecule has 2 aromatic carbocycles. The zero-order valence-electron chi connectivity index (χ0n) is 12.9. The van der Waals surface area contributed by atoms with Crippen LogP contribution in [0.1, 0.15) is 25.8 Å². The van der Waals surface area contributed by atoms with Crippen molar-refractivity contribution in [1.82, 2.24) is 5.32 Å². The van der Waals surface area contributed by atoms with E-state index in [1.54, 1.807) is 13.8 Å². The summed E-state index contributed by atoms with van der Waals surface area (Å²) >= 11 is 0. The average Bonchev–Trinajstić information content (AvgIpc) is 2.46. The standard InChI is InChI=1S/C18H21NO3/c1-18(2,17(21)22)9-10-19-16(20)12-13-7-8-14-5-3-4-6-15(14)11-13/h3-8,11H,9-10,12H2,1-2H3,(H,19,20)(H,21,22). The van der Waals surface area contributed by atoms with E-state index >= 15 is 0 Å². The molecular formula is C18H21NO3. The van der Waals surface area contributed by atoms with Crippen molar-refractivity contribution in [3.05, 3.63) is 48.0 Å². The maximum Gasteiger partial charge on any atom is 0.309 e. The molecule has 0 unspecified atom stereocenters. The molecule has 2 aromatic rings. The number of carbonyl (C=O) groups excluding carboxylic acids is 1. The molecule has 0 heterocycles. The average molecular weight is 299 g/mol. The van der Waals surface area contributed by atoms with Crippen LogP contribution in [-0.4, -0.2) is 23.5 Å². The van der Waals surface area contributed by atoms with E-state index in [2.05, 4.69) is 5.32 Å². The van der Waals surface area contributed by atoms with Crippen LogP contribution in [0, 0.1) is 5.41 Å². The number of benzene rings is 2. The monoisotopic (exact) mass is 299 g/mol. The molecule has 0 atom stereocenters. The van der Waals surface area contributed by atoms with Crippen LogP contribution in [0.3, 0.4) is 0 Å². The first kappa shape index (κ1) is 16.0. The van der Waals surface area contributed by atoms with Crippen molar-refractivity contribution < 1.29 is 14.7 Å². The highest BCUT2D eigenvalue weighted by atomic mass is 16.4. The van der Waals surface area contributed by atoms with E-state index in [1.165, 1.54) is 0 Å². The first-order valence-electron chi connectivity index (χ1n) is 7.36. The number of carbonyl (C=O) groups is 2. The number of carboxylic acid groups (broad SMARTS) is 1. The van der Waals surface area contributed by atoms with Gasteiger partial charge in [-0.3, -0.25) is 9.59 Å². The number of carboxylic acids is 1. The predicted molar refractivity (Wildman–Crippen MR) is 86.7 cm³/mol. The Labute approximate surface area is 130 Å². The summed E-state index contributed by atoms with van der Waals surface area (Å²) in [7, 11) is 0. The molecule has 116 valence electrons. The van der Waals surface area contributed by atoms with Crippen molar-refractivity contribution in [3.63, 3.8) is 0 Å². The summed E-state index contributed by atoms with van der Waals surface area (Å²) in [6.45, 7) is 3.68. The minimum Gasteiger partial charge on any atom is -0.481 e. The first-order valence-corrected chi connectivity index (χ1v) is 7.36. The van der Waals surface area contributed by atoms with E-state index in [4.69, 9.17) is 5.11 Å². The second kappa shape index (κ2) is 6.60. The van der Waals surface area contributed by atoms with Gasteiger partial charge in [-0.2, -0.15) is 0 Å². The summed E-state index contributed by atoms with van der Waals surface area (Å²) < 4.78 is 0. The Kier molecular flexibility index (Phi) is 4.81. The molecule has 4 nitrogen and oxygen atoms in total. The molecule has 2 rings (SSSR count). The van der Waals surface area contributed by atoms with Gasteiger partial charge in [0.25, 0.3) is 0 Å². The number of hydrogen-bond acceptors (Lipinski definition) is 2. The maximum absolute atomic E-state index is 11.9. The van der Waals surface area contributed by atoms with E-state index in [9.17, 15) is 9.59 Å². The highest BCUT2D eigenvalue weighted by Crippen LogP contribution is 2.19. The molecule has 0 bridgehead atoms. The second-order valence-electron chi connectivity index (χ2n) is 6.15. The van der Waals surface area contributed by atoms with Crippen molar-refractivity contribution in [3.8, 4) is 0 Å². The third-order valence-electron chi connectivity index (χ3n) is 3.83. The van der Waals surface area contributed by atoms with Gasteiger partial charge in [-0.25, -0.2) is 0 Å². The smallest absolute Gasteiger partial charge is 0.309 e. The Balaban J connectivity index is 1.89. The molecule has 0 spiro atoms. The largest absolute Gasteiger partial charge is 0.481 e. The van der Waals surface area contributed by atoms with Gasteiger partial charge in [0, 0.05) is 6.54 Å². The van der Waals surface area contributed by atoms with Crippen molar-refractivity contribution in [2.24, 2.45) is 5.41 Å². The molecular weight excluding hydrogens is 278 g/mol. The quantitative estimate of drug-likeness (QED) is 0.861.